The number of halogens is 1. The number of carbonyl (C=O) groups excluding carboxylic acids is 1. The molecule has 1 unspecified atom stereocenters. The van der Waals surface area contributed by atoms with E-state index in [9.17, 15) is 4.79 Å². The van der Waals surface area contributed by atoms with E-state index < -0.39 is 0 Å². The van der Waals surface area contributed by atoms with Crippen LogP contribution in [0.4, 0.5) is 5.69 Å². The molecule has 2 aromatic heterocycles. The zero-order valence-electron chi connectivity index (χ0n) is 13.2. The summed E-state index contributed by atoms with van der Waals surface area (Å²) in [5, 5.41) is 10.3. The molecule has 0 bridgehead atoms. The number of hydrogen-bond acceptors (Lipinski definition) is 5. The van der Waals surface area contributed by atoms with Crippen molar-refractivity contribution in [1.82, 2.24) is 25.1 Å². The topological polar surface area (TPSA) is 84.7 Å². The fourth-order valence-electron chi connectivity index (χ4n) is 2.80. The maximum Gasteiger partial charge on any atom is 0.242 e. The Morgan fingerprint density at radius 2 is 2.26 bits per heavy atom. The minimum atomic E-state index is -0.184. The van der Waals surface area contributed by atoms with Gasteiger partial charge in [-0.15, -0.1) is 12.4 Å². The lowest BCUT2D eigenvalue weighted by Crippen LogP contribution is -2.53. The van der Waals surface area contributed by atoms with Crippen LogP contribution in [0.15, 0.2) is 31.0 Å². The van der Waals surface area contributed by atoms with Gasteiger partial charge in [-0.3, -0.25) is 4.79 Å². The molecule has 0 aliphatic carbocycles. The maximum atomic E-state index is 12.5. The van der Waals surface area contributed by atoms with Crippen LogP contribution in [0.5, 0.6) is 0 Å². The minimum Gasteiger partial charge on any atom is -0.323 e. The Morgan fingerprint density at radius 3 is 2.87 bits per heavy atom. The second-order valence-electron chi connectivity index (χ2n) is 6.21. The lowest BCUT2D eigenvalue weighted by molar-refractivity contribution is -0.121. The van der Waals surface area contributed by atoms with E-state index in [4.69, 9.17) is 0 Å². The molecule has 8 heteroatoms. The van der Waals surface area contributed by atoms with Crippen LogP contribution in [0, 0.1) is 5.41 Å². The van der Waals surface area contributed by atoms with E-state index in [1.54, 1.807) is 23.3 Å². The second kappa shape index (κ2) is 7.06. The number of amides is 1. The van der Waals surface area contributed by atoms with Crippen molar-refractivity contribution in [3.63, 3.8) is 0 Å². The Bertz CT molecular complexity index is 640. The Labute approximate surface area is 141 Å². The Balaban J connectivity index is 0.00000192. The van der Waals surface area contributed by atoms with E-state index in [1.807, 2.05) is 6.07 Å². The highest BCUT2D eigenvalue weighted by Crippen LogP contribution is 2.30. The highest BCUT2D eigenvalue weighted by molar-refractivity contribution is 5.95. The van der Waals surface area contributed by atoms with Crippen molar-refractivity contribution in [2.45, 2.75) is 32.7 Å². The number of pyridine rings is 1. The van der Waals surface area contributed by atoms with Gasteiger partial charge in [-0.2, -0.15) is 5.10 Å². The number of hydrogen-bond donors (Lipinski definition) is 2. The van der Waals surface area contributed by atoms with Crippen LogP contribution in [-0.2, 0) is 4.79 Å². The first kappa shape index (κ1) is 17.4. The average Bonchev–Trinajstić information content (AvgIpc) is 3.01. The molecule has 1 atom stereocenters. The SMILES string of the molecule is CC1(C)CCCNC1C(=O)Nc1ccc(-n2cncn2)nc1.Cl. The van der Waals surface area contributed by atoms with Gasteiger partial charge in [0, 0.05) is 0 Å². The van der Waals surface area contributed by atoms with Crippen molar-refractivity contribution in [2.75, 3.05) is 11.9 Å². The lowest BCUT2D eigenvalue weighted by atomic mass is 9.77. The monoisotopic (exact) mass is 336 g/mol. The predicted molar refractivity (Wildman–Crippen MR) is 89.8 cm³/mol. The van der Waals surface area contributed by atoms with Gasteiger partial charge in [0.2, 0.25) is 5.91 Å². The van der Waals surface area contributed by atoms with Gasteiger partial charge in [-0.25, -0.2) is 14.6 Å². The smallest absolute Gasteiger partial charge is 0.242 e. The summed E-state index contributed by atoms with van der Waals surface area (Å²) in [6, 6.07) is 3.43. The molecule has 3 heterocycles. The number of piperidine rings is 1. The Morgan fingerprint density at radius 1 is 1.43 bits per heavy atom. The summed E-state index contributed by atoms with van der Waals surface area (Å²) in [6.45, 7) is 5.12. The van der Waals surface area contributed by atoms with Gasteiger partial charge >= 0.3 is 0 Å². The molecule has 2 N–H and O–H groups in total. The standard InChI is InChI=1S/C15H20N6O.ClH/c1-15(2)6-3-7-17-13(15)14(22)20-11-4-5-12(18-8-11)21-10-16-9-19-21;/h4-5,8-10,13,17H,3,6-7H2,1-2H3,(H,20,22);1H. The zero-order valence-corrected chi connectivity index (χ0v) is 14.0. The third-order valence-corrected chi connectivity index (χ3v) is 4.06. The first-order chi connectivity index (χ1) is 10.6. The first-order valence-corrected chi connectivity index (χ1v) is 7.41. The van der Waals surface area contributed by atoms with Gasteiger partial charge in [0.25, 0.3) is 0 Å². The molecule has 1 saturated heterocycles. The largest absolute Gasteiger partial charge is 0.323 e. The zero-order chi connectivity index (χ0) is 15.6. The van der Waals surface area contributed by atoms with Crippen LogP contribution < -0.4 is 10.6 Å². The van der Waals surface area contributed by atoms with Gasteiger partial charge in [-0.05, 0) is 36.9 Å². The molecule has 1 fully saturated rings. The van der Waals surface area contributed by atoms with E-state index in [1.165, 1.54) is 6.33 Å². The van der Waals surface area contributed by atoms with Crippen molar-refractivity contribution in [1.29, 1.82) is 0 Å². The fourth-order valence-corrected chi connectivity index (χ4v) is 2.80. The van der Waals surface area contributed by atoms with Crippen molar-refractivity contribution >= 4 is 24.0 Å². The number of aromatic nitrogens is 4. The number of rotatable bonds is 3. The average molecular weight is 337 g/mol. The normalized spacial score (nSPS) is 19.7. The third-order valence-electron chi connectivity index (χ3n) is 4.06. The maximum absolute atomic E-state index is 12.5. The van der Waals surface area contributed by atoms with Gasteiger partial charge in [0.1, 0.15) is 12.7 Å². The van der Waals surface area contributed by atoms with Gasteiger partial charge in [0.15, 0.2) is 5.82 Å². The van der Waals surface area contributed by atoms with Crippen LogP contribution in [0.3, 0.4) is 0 Å². The summed E-state index contributed by atoms with van der Waals surface area (Å²) in [5.74, 6) is 0.645. The fraction of sp³-hybridized carbons (Fsp3) is 0.467. The third kappa shape index (κ3) is 3.86. The first-order valence-electron chi connectivity index (χ1n) is 7.41. The van der Waals surface area contributed by atoms with Gasteiger partial charge in [-0.1, -0.05) is 13.8 Å². The number of carbonyl (C=O) groups is 1. The van der Waals surface area contributed by atoms with E-state index in [0.717, 1.165) is 19.4 Å². The highest BCUT2D eigenvalue weighted by atomic mass is 35.5. The molecule has 124 valence electrons. The highest BCUT2D eigenvalue weighted by Gasteiger charge is 2.37. The van der Waals surface area contributed by atoms with Crippen LogP contribution >= 0.6 is 12.4 Å². The molecule has 2 aromatic rings. The molecule has 0 spiro atoms. The summed E-state index contributed by atoms with van der Waals surface area (Å²) in [5.41, 5.74) is 0.633. The lowest BCUT2D eigenvalue weighted by Gasteiger charge is -2.38. The molecule has 23 heavy (non-hydrogen) atoms. The molecule has 3 rings (SSSR count). The summed E-state index contributed by atoms with van der Waals surface area (Å²) < 4.78 is 1.57. The summed E-state index contributed by atoms with van der Waals surface area (Å²) in [4.78, 5) is 20.6. The Kier molecular flexibility index (Phi) is 5.33. The number of nitrogens with zero attached hydrogens (tertiary/aromatic N) is 4. The molecular weight excluding hydrogens is 316 g/mol. The quantitative estimate of drug-likeness (QED) is 0.892. The second-order valence-corrected chi connectivity index (χ2v) is 6.21. The molecule has 0 radical (unpaired) electrons. The molecular formula is C15H21ClN6O. The molecule has 1 amide bonds. The summed E-state index contributed by atoms with van der Waals surface area (Å²) >= 11 is 0. The van der Waals surface area contributed by atoms with Gasteiger partial charge in [0.05, 0.1) is 17.9 Å². The molecule has 0 saturated carbocycles. The molecule has 1 aliphatic rings. The van der Waals surface area contributed by atoms with Crippen LogP contribution in [0.2, 0.25) is 0 Å². The number of anilines is 1. The number of nitrogens with one attached hydrogen (secondary N) is 2. The van der Waals surface area contributed by atoms with E-state index >= 15 is 0 Å². The minimum absolute atomic E-state index is 0. The van der Waals surface area contributed by atoms with E-state index in [-0.39, 0.29) is 29.8 Å². The van der Waals surface area contributed by atoms with Crippen molar-refractivity contribution < 1.29 is 4.79 Å². The van der Waals surface area contributed by atoms with Crippen LogP contribution in [0.25, 0.3) is 5.82 Å². The van der Waals surface area contributed by atoms with Crippen molar-refractivity contribution in [2.24, 2.45) is 5.41 Å². The summed E-state index contributed by atoms with van der Waals surface area (Å²) in [7, 11) is 0. The van der Waals surface area contributed by atoms with Crippen molar-refractivity contribution in [3.8, 4) is 5.82 Å². The summed E-state index contributed by atoms with van der Waals surface area (Å²) in [6.07, 6.45) is 6.81. The Hall–Kier alpha value is -1.99. The van der Waals surface area contributed by atoms with Crippen molar-refractivity contribution in [3.05, 3.63) is 31.0 Å². The molecule has 1 aliphatic heterocycles. The van der Waals surface area contributed by atoms with Crippen LogP contribution in [0.1, 0.15) is 26.7 Å². The van der Waals surface area contributed by atoms with Gasteiger partial charge < -0.3 is 10.6 Å². The molecule has 0 aromatic carbocycles. The molecule has 7 nitrogen and oxygen atoms in total. The van der Waals surface area contributed by atoms with E-state index in [0.29, 0.717) is 11.5 Å². The van der Waals surface area contributed by atoms with Crippen LogP contribution in [-0.4, -0.2) is 38.2 Å². The predicted octanol–water partition coefficient (Wildman–Crippen LogP) is 1.80. The van der Waals surface area contributed by atoms with E-state index in [2.05, 4.69) is 39.5 Å².